The van der Waals surface area contributed by atoms with E-state index in [9.17, 15) is 10.1 Å². The largest absolute Gasteiger partial charge is 0.323 e. The summed E-state index contributed by atoms with van der Waals surface area (Å²) in [5, 5.41) is 12.1. The summed E-state index contributed by atoms with van der Waals surface area (Å²) < 4.78 is 1.95. The van der Waals surface area contributed by atoms with Crippen molar-refractivity contribution in [1.29, 1.82) is 5.26 Å². The maximum Gasteiger partial charge on any atom is 0.266 e. The number of nitrogens with zero attached hydrogens (tertiary/aromatic N) is 2. The number of hydrogen-bond donors (Lipinski definition) is 1. The highest BCUT2D eigenvalue weighted by Gasteiger charge is 2.10. The number of para-hydroxylation sites is 1. The van der Waals surface area contributed by atoms with E-state index in [4.69, 9.17) is 0 Å². The number of aryl methyl sites for hydroxylation is 1. The van der Waals surface area contributed by atoms with Crippen molar-refractivity contribution in [3.05, 3.63) is 89.8 Å². The Morgan fingerprint density at radius 1 is 1.12 bits per heavy atom. The van der Waals surface area contributed by atoms with Crippen LogP contribution in [-0.4, -0.2) is 10.5 Å². The van der Waals surface area contributed by atoms with Gasteiger partial charge in [0.2, 0.25) is 0 Å². The van der Waals surface area contributed by atoms with Gasteiger partial charge in [0.05, 0.1) is 0 Å². The van der Waals surface area contributed by atoms with Gasteiger partial charge in [-0.2, -0.15) is 5.26 Å². The van der Waals surface area contributed by atoms with Crippen molar-refractivity contribution in [2.45, 2.75) is 13.3 Å². The zero-order valence-corrected chi connectivity index (χ0v) is 14.5. The van der Waals surface area contributed by atoms with Crippen LogP contribution in [0.15, 0.2) is 78.6 Å². The number of nitriles is 1. The maximum absolute atomic E-state index is 12.4. The summed E-state index contributed by atoms with van der Waals surface area (Å²) in [5.41, 5.74) is 3.75. The molecule has 0 atom stereocenters. The molecule has 1 aromatic heterocycles. The lowest BCUT2D eigenvalue weighted by atomic mass is 10.1. The van der Waals surface area contributed by atoms with Gasteiger partial charge in [-0.1, -0.05) is 37.3 Å². The highest BCUT2D eigenvalue weighted by molar-refractivity contribution is 6.09. The molecule has 0 aliphatic heterocycles. The van der Waals surface area contributed by atoms with E-state index in [1.54, 1.807) is 6.08 Å². The fraction of sp³-hybridized carbons (Fsp3) is 0.0909. The molecule has 0 saturated heterocycles. The Bertz CT molecular complexity index is 961. The third-order valence-corrected chi connectivity index (χ3v) is 4.07. The molecule has 128 valence electrons. The molecule has 0 fully saturated rings. The normalized spacial score (nSPS) is 11.0. The third kappa shape index (κ3) is 4.08. The molecule has 26 heavy (non-hydrogen) atoms. The number of nitrogens with one attached hydrogen (secondary N) is 1. The molecule has 2 aromatic carbocycles. The van der Waals surface area contributed by atoms with Crippen molar-refractivity contribution in [3.8, 4) is 11.8 Å². The number of carbonyl (C=O) groups excluding carboxylic acids is 1. The molecule has 0 bridgehead atoms. The number of hydrogen-bond acceptors (Lipinski definition) is 2. The molecule has 0 radical (unpaired) electrons. The number of aromatic nitrogens is 1. The van der Waals surface area contributed by atoms with Gasteiger partial charge in [0.1, 0.15) is 11.6 Å². The van der Waals surface area contributed by atoms with Crippen LogP contribution < -0.4 is 5.32 Å². The van der Waals surface area contributed by atoms with Crippen molar-refractivity contribution >= 4 is 17.7 Å². The van der Waals surface area contributed by atoms with Crippen LogP contribution in [-0.2, 0) is 11.2 Å². The van der Waals surface area contributed by atoms with Gasteiger partial charge in [-0.25, -0.2) is 0 Å². The fourth-order valence-electron chi connectivity index (χ4n) is 2.60. The first kappa shape index (κ1) is 17.2. The Morgan fingerprint density at radius 2 is 1.85 bits per heavy atom. The van der Waals surface area contributed by atoms with Crippen LogP contribution in [0.5, 0.6) is 0 Å². The molecule has 3 aromatic rings. The number of benzene rings is 2. The molecule has 0 aliphatic rings. The molecule has 3 rings (SSSR count). The first-order valence-electron chi connectivity index (χ1n) is 8.45. The summed E-state index contributed by atoms with van der Waals surface area (Å²) in [6.07, 6.45) is 6.32. The Hall–Kier alpha value is -3.58. The standard InChI is InChI=1S/C22H19N3O/c1-2-17-8-10-20(11-9-17)24-22(26)19(15-23)14-18-12-13-25(16-18)21-6-4-3-5-7-21/h3-14,16H,2H2,1H3,(H,24,26)/b19-14+. The second-order valence-corrected chi connectivity index (χ2v) is 5.86. The molecule has 4 heteroatoms. The Labute approximate surface area is 153 Å². The highest BCUT2D eigenvalue weighted by atomic mass is 16.1. The molecule has 4 nitrogen and oxygen atoms in total. The summed E-state index contributed by atoms with van der Waals surface area (Å²) in [4.78, 5) is 12.4. The summed E-state index contributed by atoms with van der Waals surface area (Å²) in [5.74, 6) is -0.413. The number of rotatable bonds is 5. The first-order chi connectivity index (χ1) is 12.7. The Balaban J connectivity index is 1.76. The van der Waals surface area contributed by atoms with E-state index in [1.807, 2.05) is 83.7 Å². The van der Waals surface area contributed by atoms with Crippen molar-refractivity contribution in [1.82, 2.24) is 4.57 Å². The lowest BCUT2D eigenvalue weighted by Gasteiger charge is -2.05. The SMILES string of the molecule is CCc1ccc(NC(=O)/C(C#N)=C/c2ccn(-c3ccccc3)c2)cc1. The van der Waals surface area contributed by atoms with E-state index in [0.717, 1.165) is 17.7 Å². The van der Waals surface area contributed by atoms with Crippen LogP contribution >= 0.6 is 0 Å². The van der Waals surface area contributed by atoms with Crippen molar-refractivity contribution in [2.75, 3.05) is 5.32 Å². The molecule has 1 amide bonds. The van der Waals surface area contributed by atoms with Crippen LogP contribution in [0.25, 0.3) is 11.8 Å². The topological polar surface area (TPSA) is 57.8 Å². The Morgan fingerprint density at radius 3 is 2.50 bits per heavy atom. The molecule has 0 saturated carbocycles. The zero-order valence-electron chi connectivity index (χ0n) is 14.5. The summed E-state index contributed by atoms with van der Waals surface area (Å²) in [7, 11) is 0. The summed E-state index contributed by atoms with van der Waals surface area (Å²) >= 11 is 0. The average molecular weight is 341 g/mol. The van der Waals surface area contributed by atoms with Gasteiger partial charge in [0, 0.05) is 23.8 Å². The second kappa shape index (κ2) is 8.00. The predicted molar refractivity (Wildman–Crippen MR) is 104 cm³/mol. The number of amides is 1. The molecule has 1 N–H and O–H groups in total. The maximum atomic E-state index is 12.4. The molecular weight excluding hydrogens is 322 g/mol. The zero-order chi connectivity index (χ0) is 18.4. The quantitative estimate of drug-likeness (QED) is 0.545. The van der Waals surface area contributed by atoms with E-state index >= 15 is 0 Å². The molecule has 1 heterocycles. The molecule has 0 aliphatic carbocycles. The van der Waals surface area contributed by atoms with E-state index in [2.05, 4.69) is 12.2 Å². The van der Waals surface area contributed by atoms with E-state index < -0.39 is 5.91 Å². The van der Waals surface area contributed by atoms with Gasteiger partial charge in [-0.15, -0.1) is 0 Å². The highest BCUT2D eigenvalue weighted by Crippen LogP contribution is 2.15. The number of carbonyl (C=O) groups is 1. The smallest absolute Gasteiger partial charge is 0.266 e. The molecular formula is C22H19N3O. The van der Waals surface area contributed by atoms with Gasteiger partial charge in [-0.05, 0) is 54.0 Å². The first-order valence-corrected chi connectivity index (χ1v) is 8.45. The molecule has 0 spiro atoms. The van der Waals surface area contributed by atoms with Gasteiger partial charge in [0.15, 0.2) is 0 Å². The number of anilines is 1. The third-order valence-electron chi connectivity index (χ3n) is 4.07. The monoisotopic (exact) mass is 341 g/mol. The van der Waals surface area contributed by atoms with Crippen LogP contribution in [0.2, 0.25) is 0 Å². The van der Waals surface area contributed by atoms with E-state index in [-0.39, 0.29) is 5.57 Å². The summed E-state index contributed by atoms with van der Waals surface area (Å²) in [6, 6.07) is 21.3. The van der Waals surface area contributed by atoms with Crippen LogP contribution in [0.3, 0.4) is 0 Å². The summed E-state index contributed by atoms with van der Waals surface area (Å²) in [6.45, 7) is 2.08. The van der Waals surface area contributed by atoms with Crippen molar-refractivity contribution < 1.29 is 4.79 Å². The lowest BCUT2D eigenvalue weighted by molar-refractivity contribution is -0.112. The lowest BCUT2D eigenvalue weighted by Crippen LogP contribution is -2.13. The van der Waals surface area contributed by atoms with E-state index in [1.165, 1.54) is 5.56 Å². The van der Waals surface area contributed by atoms with Crippen LogP contribution in [0, 0.1) is 11.3 Å². The van der Waals surface area contributed by atoms with Gasteiger partial charge in [-0.3, -0.25) is 4.79 Å². The minimum Gasteiger partial charge on any atom is -0.323 e. The van der Waals surface area contributed by atoms with Gasteiger partial charge < -0.3 is 9.88 Å². The average Bonchev–Trinajstić information content (AvgIpc) is 3.16. The molecule has 0 unspecified atom stereocenters. The van der Waals surface area contributed by atoms with Gasteiger partial charge >= 0.3 is 0 Å². The second-order valence-electron chi connectivity index (χ2n) is 5.86. The van der Waals surface area contributed by atoms with Crippen molar-refractivity contribution in [3.63, 3.8) is 0 Å². The van der Waals surface area contributed by atoms with Crippen LogP contribution in [0.1, 0.15) is 18.1 Å². The van der Waals surface area contributed by atoms with Crippen LogP contribution in [0.4, 0.5) is 5.69 Å². The Kier molecular flexibility index (Phi) is 5.31. The van der Waals surface area contributed by atoms with E-state index in [0.29, 0.717) is 5.69 Å². The van der Waals surface area contributed by atoms with Crippen molar-refractivity contribution in [2.24, 2.45) is 0 Å². The fourth-order valence-corrected chi connectivity index (χ4v) is 2.60. The predicted octanol–water partition coefficient (Wildman–Crippen LogP) is 4.59. The minimum absolute atomic E-state index is 0.0652. The van der Waals surface area contributed by atoms with Gasteiger partial charge in [0.25, 0.3) is 5.91 Å². The minimum atomic E-state index is -0.413.